The normalized spacial score (nSPS) is 12.1. The number of alkyl halides is 3. The number of esters is 1. The molecule has 0 spiro atoms. The Balaban J connectivity index is 2.42. The SMILES string of the molecule is CC(C)(C)OC(=O)CCOc1ccc(C(F)(F)F)cc1. The maximum Gasteiger partial charge on any atom is 0.416 e. The van der Waals surface area contributed by atoms with Crippen molar-refractivity contribution >= 4 is 5.97 Å². The summed E-state index contributed by atoms with van der Waals surface area (Å²) in [6.45, 7) is 5.31. The van der Waals surface area contributed by atoms with E-state index in [1.54, 1.807) is 20.8 Å². The molecule has 0 aliphatic carbocycles. The van der Waals surface area contributed by atoms with Crippen molar-refractivity contribution in [3.05, 3.63) is 29.8 Å². The Morgan fingerprint density at radius 3 is 2.10 bits per heavy atom. The number of carbonyl (C=O) groups is 1. The molecule has 1 aromatic carbocycles. The van der Waals surface area contributed by atoms with Gasteiger partial charge in [-0.1, -0.05) is 0 Å². The van der Waals surface area contributed by atoms with E-state index in [1.807, 2.05) is 0 Å². The van der Waals surface area contributed by atoms with Crippen molar-refractivity contribution in [3.8, 4) is 5.75 Å². The summed E-state index contributed by atoms with van der Waals surface area (Å²) in [6.07, 6.45) is -4.33. The van der Waals surface area contributed by atoms with Crippen LogP contribution in [0.5, 0.6) is 5.75 Å². The molecule has 1 rings (SSSR count). The number of halogens is 3. The molecule has 3 nitrogen and oxygen atoms in total. The minimum absolute atomic E-state index is 0.0400. The van der Waals surface area contributed by atoms with Crippen molar-refractivity contribution in [2.45, 2.75) is 39.0 Å². The molecule has 0 amide bonds. The smallest absolute Gasteiger partial charge is 0.416 e. The predicted molar refractivity (Wildman–Crippen MR) is 67.4 cm³/mol. The highest BCUT2D eigenvalue weighted by Crippen LogP contribution is 2.30. The first-order valence-corrected chi connectivity index (χ1v) is 6.10. The quantitative estimate of drug-likeness (QED) is 0.791. The first-order chi connectivity index (χ1) is 9.08. The van der Waals surface area contributed by atoms with Gasteiger partial charge in [-0.05, 0) is 45.0 Å². The van der Waals surface area contributed by atoms with E-state index in [1.165, 1.54) is 12.1 Å². The van der Waals surface area contributed by atoms with Crippen LogP contribution in [0.1, 0.15) is 32.8 Å². The van der Waals surface area contributed by atoms with Gasteiger partial charge in [-0.25, -0.2) is 0 Å². The molecule has 0 aliphatic rings. The average molecular weight is 290 g/mol. The van der Waals surface area contributed by atoms with Gasteiger partial charge in [-0.3, -0.25) is 4.79 Å². The van der Waals surface area contributed by atoms with E-state index in [2.05, 4.69) is 0 Å². The van der Waals surface area contributed by atoms with Crippen molar-refractivity contribution in [2.75, 3.05) is 6.61 Å². The first kappa shape index (κ1) is 16.3. The zero-order valence-corrected chi connectivity index (χ0v) is 11.6. The van der Waals surface area contributed by atoms with Crippen LogP contribution >= 0.6 is 0 Å². The third-order valence-corrected chi connectivity index (χ3v) is 2.18. The van der Waals surface area contributed by atoms with Crippen molar-refractivity contribution in [2.24, 2.45) is 0 Å². The number of ether oxygens (including phenoxy) is 2. The van der Waals surface area contributed by atoms with E-state index in [9.17, 15) is 18.0 Å². The zero-order valence-electron chi connectivity index (χ0n) is 11.6. The summed E-state index contributed by atoms with van der Waals surface area (Å²) >= 11 is 0. The highest BCUT2D eigenvalue weighted by atomic mass is 19.4. The lowest BCUT2D eigenvalue weighted by Crippen LogP contribution is -2.24. The summed E-state index contributed by atoms with van der Waals surface area (Å²) < 4.78 is 47.3. The molecule has 0 N–H and O–H groups in total. The van der Waals surface area contributed by atoms with Crippen LogP contribution in [-0.2, 0) is 15.7 Å². The topological polar surface area (TPSA) is 35.5 Å². The highest BCUT2D eigenvalue weighted by molar-refractivity contribution is 5.69. The third-order valence-electron chi connectivity index (χ3n) is 2.18. The summed E-state index contributed by atoms with van der Waals surface area (Å²) in [5.74, 6) is -0.133. The average Bonchev–Trinajstić information content (AvgIpc) is 2.26. The highest BCUT2D eigenvalue weighted by Gasteiger charge is 2.30. The lowest BCUT2D eigenvalue weighted by molar-refractivity contribution is -0.155. The molecule has 20 heavy (non-hydrogen) atoms. The van der Waals surface area contributed by atoms with E-state index in [4.69, 9.17) is 9.47 Å². The number of hydrogen-bond acceptors (Lipinski definition) is 3. The number of carbonyl (C=O) groups excluding carboxylic acids is 1. The third kappa shape index (κ3) is 5.95. The monoisotopic (exact) mass is 290 g/mol. The van der Waals surface area contributed by atoms with Crippen LogP contribution in [0, 0.1) is 0 Å². The molecule has 6 heteroatoms. The van der Waals surface area contributed by atoms with Gasteiger partial charge in [0.1, 0.15) is 11.4 Å². The predicted octanol–water partition coefficient (Wildman–Crippen LogP) is 3.82. The first-order valence-electron chi connectivity index (χ1n) is 6.10. The molecule has 0 radical (unpaired) electrons. The summed E-state index contributed by atoms with van der Waals surface area (Å²) in [5, 5.41) is 0. The van der Waals surface area contributed by atoms with Gasteiger partial charge in [0.25, 0.3) is 0 Å². The Kier molecular flexibility index (Phi) is 5.03. The second-order valence-corrected chi connectivity index (χ2v) is 5.21. The van der Waals surface area contributed by atoms with Crippen molar-refractivity contribution in [3.63, 3.8) is 0 Å². The molecule has 1 aromatic rings. The molecular weight excluding hydrogens is 273 g/mol. The molecule has 0 bridgehead atoms. The molecule has 0 atom stereocenters. The van der Waals surface area contributed by atoms with E-state index < -0.39 is 23.3 Å². The van der Waals surface area contributed by atoms with Crippen molar-refractivity contribution < 1.29 is 27.4 Å². The standard InChI is InChI=1S/C14H17F3O3/c1-13(2,3)20-12(18)8-9-19-11-6-4-10(5-7-11)14(15,16)17/h4-7H,8-9H2,1-3H3. The lowest BCUT2D eigenvalue weighted by Gasteiger charge is -2.19. The van der Waals surface area contributed by atoms with Gasteiger partial charge in [0.2, 0.25) is 0 Å². The van der Waals surface area contributed by atoms with Gasteiger partial charge in [0.05, 0.1) is 18.6 Å². The maximum atomic E-state index is 12.3. The fourth-order valence-electron chi connectivity index (χ4n) is 1.38. The molecule has 0 fully saturated rings. The molecule has 0 heterocycles. The van der Waals surface area contributed by atoms with Crippen LogP contribution in [0.15, 0.2) is 24.3 Å². The molecule has 0 aliphatic heterocycles. The van der Waals surface area contributed by atoms with Crippen LogP contribution < -0.4 is 4.74 Å². The minimum Gasteiger partial charge on any atom is -0.493 e. The minimum atomic E-state index is -4.37. The summed E-state index contributed by atoms with van der Waals surface area (Å²) in [5.41, 5.74) is -1.30. The molecule has 0 saturated carbocycles. The van der Waals surface area contributed by atoms with Gasteiger partial charge >= 0.3 is 12.1 Å². The summed E-state index contributed by atoms with van der Waals surface area (Å²) in [7, 11) is 0. The van der Waals surface area contributed by atoms with Gasteiger partial charge in [-0.15, -0.1) is 0 Å². The Hall–Kier alpha value is -1.72. The summed E-state index contributed by atoms with van der Waals surface area (Å²) in [4.78, 5) is 11.4. The lowest BCUT2D eigenvalue weighted by atomic mass is 10.2. The van der Waals surface area contributed by atoms with E-state index in [0.29, 0.717) is 0 Å². The second kappa shape index (κ2) is 6.15. The Morgan fingerprint density at radius 2 is 1.65 bits per heavy atom. The largest absolute Gasteiger partial charge is 0.493 e. The maximum absolute atomic E-state index is 12.3. The van der Waals surface area contributed by atoms with E-state index in [0.717, 1.165) is 12.1 Å². The van der Waals surface area contributed by atoms with Gasteiger partial charge in [0.15, 0.2) is 0 Å². The molecule has 0 saturated heterocycles. The zero-order chi connectivity index (χ0) is 15.4. The van der Waals surface area contributed by atoms with Crippen molar-refractivity contribution in [1.82, 2.24) is 0 Å². The van der Waals surface area contributed by atoms with Crippen molar-refractivity contribution in [1.29, 1.82) is 0 Å². The fourth-order valence-corrected chi connectivity index (χ4v) is 1.38. The second-order valence-electron chi connectivity index (χ2n) is 5.21. The van der Waals surface area contributed by atoms with Gasteiger partial charge < -0.3 is 9.47 Å². The van der Waals surface area contributed by atoms with Crippen LogP contribution in [0.4, 0.5) is 13.2 Å². The molecule has 112 valence electrons. The van der Waals surface area contributed by atoms with E-state index >= 15 is 0 Å². The molecule has 0 aromatic heterocycles. The molecular formula is C14H17F3O3. The Morgan fingerprint density at radius 1 is 1.10 bits per heavy atom. The number of benzene rings is 1. The fraction of sp³-hybridized carbons (Fsp3) is 0.500. The van der Waals surface area contributed by atoms with Crippen LogP contribution in [0.2, 0.25) is 0 Å². The Bertz CT molecular complexity index is 444. The number of rotatable bonds is 4. The summed E-state index contributed by atoms with van der Waals surface area (Å²) in [6, 6.07) is 4.31. The van der Waals surface area contributed by atoms with Crippen LogP contribution in [0.25, 0.3) is 0 Å². The van der Waals surface area contributed by atoms with Gasteiger partial charge in [0, 0.05) is 0 Å². The van der Waals surface area contributed by atoms with Gasteiger partial charge in [-0.2, -0.15) is 13.2 Å². The Labute approximate surface area is 115 Å². The molecule has 0 unspecified atom stereocenters. The van der Waals surface area contributed by atoms with E-state index in [-0.39, 0.29) is 18.8 Å². The van der Waals surface area contributed by atoms with Crippen LogP contribution in [0.3, 0.4) is 0 Å². The van der Waals surface area contributed by atoms with Crippen LogP contribution in [-0.4, -0.2) is 18.2 Å². The number of hydrogen-bond donors (Lipinski definition) is 0.